The molecule has 0 saturated carbocycles. The van der Waals surface area contributed by atoms with E-state index in [-0.39, 0.29) is 11.3 Å². The van der Waals surface area contributed by atoms with Crippen LogP contribution < -0.4 is 5.32 Å². The highest BCUT2D eigenvalue weighted by Crippen LogP contribution is 2.18. The molecule has 1 heterocycles. The Morgan fingerprint density at radius 2 is 2.00 bits per heavy atom. The summed E-state index contributed by atoms with van der Waals surface area (Å²) in [4.78, 5) is 27.1. The van der Waals surface area contributed by atoms with Gasteiger partial charge < -0.3 is 10.4 Å². The number of carbonyl (C=O) groups is 2. The largest absolute Gasteiger partial charge is 0.480 e. The van der Waals surface area contributed by atoms with E-state index in [2.05, 4.69) is 4.98 Å². The number of carbonyl (C=O) groups excluding carboxylic acids is 1. The number of aliphatic carboxylic acids is 1. The lowest BCUT2D eigenvalue weighted by Crippen LogP contribution is -2.42. The van der Waals surface area contributed by atoms with Gasteiger partial charge in [-0.1, -0.05) is 0 Å². The maximum atomic E-state index is 13.2. The molecular formula is C15H13F3N2O3. The van der Waals surface area contributed by atoms with Crippen LogP contribution >= 0.6 is 0 Å². The lowest BCUT2D eigenvalue weighted by Gasteiger charge is -2.15. The average molecular weight is 326 g/mol. The summed E-state index contributed by atoms with van der Waals surface area (Å²) in [5, 5.41) is 11.4. The number of alkyl halides is 2. The molecule has 0 spiro atoms. The van der Waals surface area contributed by atoms with E-state index in [0.717, 1.165) is 0 Å². The first-order chi connectivity index (χ1) is 10.8. The van der Waals surface area contributed by atoms with Gasteiger partial charge in [-0.05, 0) is 25.1 Å². The maximum Gasteiger partial charge on any atom is 0.326 e. The quantitative estimate of drug-likeness (QED) is 0.885. The van der Waals surface area contributed by atoms with Crippen molar-refractivity contribution in [1.29, 1.82) is 0 Å². The van der Waals surface area contributed by atoms with Crippen LogP contribution in [-0.4, -0.2) is 34.4 Å². The van der Waals surface area contributed by atoms with Gasteiger partial charge in [0.1, 0.15) is 11.9 Å². The van der Waals surface area contributed by atoms with Crippen LogP contribution in [0.4, 0.5) is 13.2 Å². The Hall–Kier alpha value is -2.64. The van der Waals surface area contributed by atoms with Crippen LogP contribution in [0.3, 0.4) is 0 Å². The van der Waals surface area contributed by atoms with Crippen molar-refractivity contribution in [2.45, 2.75) is 25.8 Å². The SMILES string of the molecule is Cc1nc2cc(F)ccc2cc1C(=O)NC(CC(F)F)C(=O)O. The molecule has 2 rings (SSSR count). The van der Waals surface area contributed by atoms with Crippen molar-refractivity contribution >= 4 is 22.8 Å². The molecule has 8 heteroatoms. The summed E-state index contributed by atoms with van der Waals surface area (Å²) < 4.78 is 37.9. The standard InChI is InChI=1S/C15H13F3N2O3/c1-7-10(4-8-2-3-9(16)5-11(8)19-7)14(21)20-12(15(22)23)6-13(17)18/h2-5,12-13H,6H2,1H3,(H,20,21)(H,22,23). The van der Waals surface area contributed by atoms with Gasteiger partial charge in [0.25, 0.3) is 5.91 Å². The fourth-order valence-corrected chi connectivity index (χ4v) is 2.10. The van der Waals surface area contributed by atoms with Gasteiger partial charge in [0.05, 0.1) is 16.8 Å². The molecule has 0 aliphatic carbocycles. The van der Waals surface area contributed by atoms with E-state index in [1.165, 1.54) is 31.2 Å². The lowest BCUT2D eigenvalue weighted by molar-refractivity contribution is -0.140. The van der Waals surface area contributed by atoms with Crippen LogP contribution in [0.25, 0.3) is 10.9 Å². The van der Waals surface area contributed by atoms with Crippen LogP contribution in [0.15, 0.2) is 24.3 Å². The number of carboxylic acids is 1. The van der Waals surface area contributed by atoms with Crippen molar-refractivity contribution in [3.63, 3.8) is 0 Å². The smallest absolute Gasteiger partial charge is 0.326 e. The second kappa shape index (κ2) is 6.64. The summed E-state index contributed by atoms with van der Waals surface area (Å²) in [6, 6.07) is 3.51. The van der Waals surface area contributed by atoms with E-state index in [9.17, 15) is 22.8 Å². The molecule has 2 aromatic rings. The van der Waals surface area contributed by atoms with E-state index >= 15 is 0 Å². The van der Waals surface area contributed by atoms with Crippen LogP contribution in [0.2, 0.25) is 0 Å². The normalized spacial score (nSPS) is 12.4. The zero-order valence-corrected chi connectivity index (χ0v) is 12.0. The van der Waals surface area contributed by atoms with Gasteiger partial charge in [0.15, 0.2) is 0 Å². The highest BCUT2D eigenvalue weighted by atomic mass is 19.3. The van der Waals surface area contributed by atoms with Gasteiger partial charge in [0.2, 0.25) is 6.43 Å². The predicted octanol–water partition coefficient (Wildman–Crippen LogP) is 2.52. The number of hydrogen-bond donors (Lipinski definition) is 2. The zero-order valence-electron chi connectivity index (χ0n) is 12.0. The Labute approximate surface area is 129 Å². The fraction of sp³-hybridized carbons (Fsp3) is 0.267. The van der Waals surface area contributed by atoms with E-state index in [1.54, 1.807) is 0 Å². The third-order valence-electron chi connectivity index (χ3n) is 3.23. The number of fused-ring (bicyclic) bond motifs is 1. The Bertz CT molecular complexity index is 765. The van der Waals surface area contributed by atoms with E-state index in [0.29, 0.717) is 10.9 Å². The molecular weight excluding hydrogens is 313 g/mol. The summed E-state index contributed by atoms with van der Waals surface area (Å²) in [6.07, 6.45) is -3.86. The number of nitrogens with one attached hydrogen (secondary N) is 1. The molecule has 1 atom stereocenters. The molecule has 1 aromatic carbocycles. The van der Waals surface area contributed by atoms with Crippen LogP contribution in [0.5, 0.6) is 0 Å². The van der Waals surface area contributed by atoms with Crippen LogP contribution in [0.1, 0.15) is 22.5 Å². The van der Waals surface area contributed by atoms with Crippen molar-refractivity contribution in [3.05, 3.63) is 41.3 Å². The topological polar surface area (TPSA) is 79.3 Å². The molecule has 1 amide bonds. The Morgan fingerprint density at radius 1 is 1.30 bits per heavy atom. The number of halogens is 3. The molecule has 1 unspecified atom stereocenters. The summed E-state index contributed by atoms with van der Waals surface area (Å²) in [6.45, 7) is 1.49. The van der Waals surface area contributed by atoms with Gasteiger partial charge in [-0.2, -0.15) is 0 Å². The molecule has 0 fully saturated rings. The molecule has 0 aliphatic rings. The third kappa shape index (κ3) is 3.97. The van der Waals surface area contributed by atoms with E-state index in [1.807, 2.05) is 5.32 Å². The van der Waals surface area contributed by atoms with Crippen molar-refractivity contribution < 1.29 is 27.9 Å². The molecule has 23 heavy (non-hydrogen) atoms. The van der Waals surface area contributed by atoms with Crippen LogP contribution in [0, 0.1) is 12.7 Å². The predicted molar refractivity (Wildman–Crippen MR) is 75.9 cm³/mol. The Morgan fingerprint density at radius 3 is 2.61 bits per heavy atom. The molecule has 5 nitrogen and oxygen atoms in total. The molecule has 1 aromatic heterocycles. The van der Waals surface area contributed by atoms with Crippen molar-refractivity contribution in [3.8, 4) is 0 Å². The number of pyridine rings is 1. The number of benzene rings is 1. The second-order valence-corrected chi connectivity index (χ2v) is 4.95. The van der Waals surface area contributed by atoms with Gasteiger partial charge in [0, 0.05) is 17.9 Å². The highest BCUT2D eigenvalue weighted by molar-refractivity contribution is 6.00. The maximum absolute atomic E-state index is 13.2. The molecule has 0 saturated heterocycles. The molecule has 0 radical (unpaired) electrons. The highest BCUT2D eigenvalue weighted by Gasteiger charge is 2.25. The average Bonchev–Trinajstić information content (AvgIpc) is 2.44. The minimum Gasteiger partial charge on any atom is -0.480 e. The van der Waals surface area contributed by atoms with E-state index in [4.69, 9.17) is 5.11 Å². The minimum atomic E-state index is -2.87. The number of carboxylic acid groups (broad SMARTS) is 1. The Kier molecular flexibility index (Phi) is 4.83. The molecule has 0 bridgehead atoms. The van der Waals surface area contributed by atoms with Gasteiger partial charge in [-0.25, -0.2) is 18.0 Å². The molecule has 2 N–H and O–H groups in total. The first-order valence-electron chi connectivity index (χ1n) is 6.66. The third-order valence-corrected chi connectivity index (χ3v) is 3.23. The lowest BCUT2D eigenvalue weighted by atomic mass is 10.1. The van der Waals surface area contributed by atoms with Crippen molar-refractivity contribution in [1.82, 2.24) is 10.3 Å². The first-order valence-corrected chi connectivity index (χ1v) is 6.66. The van der Waals surface area contributed by atoms with Crippen molar-refractivity contribution in [2.24, 2.45) is 0 Å². The summed E-state index contributed by atoms with van der Waals surface area (Å²) >= 11 is 0. The number of rotatable bonds is 5. The number of nitrogens with zero attached hydrogens (tertiary/aromatic N) is 1. The van der Waals surface area contributed by atoms with Gasteiger partial charge in [-0.3, -0.25) is 9.78 Å². The monoisotopic (exact) mass is 326 g/mol. The van der Waals surface area contributed by atoms with E-state index < -0.39 is 36.6 Å². The van der Waals surface area contributed by atoms with Crippen molar-refractivity contribution in [2.75, 3.05) is 0 Å². The second-order valence-electron chi connectivity index (χ2n) is 4.95. The minimum absolute atomic E-state index is 0.0459. The zero-order chi connectivity index (χ0) is 17.1. The van der Waals surface area contributed by atoms with Gasteiger partial charge in [-0.15, -0.1) is 0 Å². The van der Waals surface area contributed by atoms with Crippen LogP contribution in [-0.2, 0) is 4.79 Å². The fourth-order valence-electron chi connectivity index (χ4n) is 2.10. The first kappa shape index (κ1) is 16.7. The summed E-state index contributed by atoms with van der Waals surface area (Å²) in [5.74, 6) is -2.86. The van der Waals surface area contributed by atoms with Gasteiger partial charge >= 0.3 is 5.97 Å². The number of aromatic nitrogens is 1. The molecule has 122 valence electrons. The number of amides is 1. The number of aryl methyl sites for hydroxylation is 1. The molecule has 0 aliphatic heterocycles. The summed E-state index contributed by atoms with van der Waals surface area (Å²) in [7, 11) is 0. The Balaban J connectivity index is 2.31. The number of hydrogen-bond acceptors (Lipinski definition) is 3. The summed E-state index contributed by atoms with van der Waals surface area (Å²) in [5.41, 5.74) is 0.618.